The Morgan fingerprint density at radius 3 is 2.20 bits per heavy atom. The normalized spacial score (nSPS) is 12.8. The van der Waals surface area contributed by atoms with E-state index in [9.17, 15) is 18.0 Å². The third-order valence-corrected chi connectivity index (χ3v) is 5.89. The number of hydrogen-bond donors (Lipinski definition) is 0. The van der Waals surface area contributed by atoms with Crippen LogP contribution in [0.3, 0.4) is 0 Å². The number of ketones is 2. The summed E-state index contributed by atoms with van der Waals surface area (Å²) in [7, 11) is -4.49. The zero-order valence-electron chi connectivity index (χ0n) is 16.6. The van der Waals surface area contributed by atoms with Gasteiger partial charge in [0, 0.05) is 16.7 Å². The van der Waals surface area contributed by atoms with Crippen LogP contribution in [0.25, 0.3) is 11.0 Å². The number of aromatic nitrogens is 3. The molecule has 1 heterocycles. The average Bonchev–Trinajstić information content (AvgIpc) is 3.14. The Kier molecular flexibility index (Phi) is 5.07. The summed E-state index contributed by atoms with van der Waals surface area (Å²) in [5, 5.41) is 7.54. The van der Waals surface area contributed by atoms with Gasteiger partial charge in [-0.3, -0.25) is 13.9 Å². The molecular weight excluding hydrogens is 417 g/mol. The second-order valence-corrected chi connectivity index (χ2v) is 7.86. The molecule has 3 aromatic carbocycles. The van der Waals surface area contributed by atoms with Crippen LogP contribution >= 0.6 is 0 Å². The molecule has 8 nitrogen and oxygen atoms in total. The minimum Gasteiger partial charge on any atom is -1.00 e. The molecule has 0 amide bonds. The molecule has 0 saturated carbocycles. The zero-order valence-corrected chi connectivity index (χ0v) is 18.5. The first-order valence-electron chi connectivity index (χ1n) is 8.54. The first-order valence-corrected chi connectivity index (χ1v) is 9.95. The number of hydrogen-bond acceptors (Lipinski definition) is 7. The average molecular weight is 429 g/mol. The predicted octanol–water partition coefficient (Wildman–Crippen LogP) is -0.859. The summed E-state index contributed by atoms with van der Waals surface area (Å²) >= 11 is 0. The SMILES string of the molecule is O=C1c2ccccc2C(=O)c2c1cccc2S(=O)(=O)On1nnc2ccccc21.[H-].[Na+]. The fraction of sp³-hybridized carbons (Fsp3) is 0. The van der Waals surface area contributed by atoms with Crippen LogP contribution in [0.1, 0.15) is 33.3 Å². The largest absolute Gasteiger partial charge is 1.00 e. The van der Waals surface area contributed by atoms with Gasteiger partial charge >= 0.3 is 39.7 Å². The van der Waals surface area contributed by atoms with Crippen molar-refractivity contribution in [1.82, 2.24) is 15.2 Å². The Morgan fingerprint density at radius 2 is 1.43 bits per heavy atom. The van der Waals surface area contributed by atoms with Crippen molar-refractivity contribution in [2.45, 2.75) is 4.90 Å². The molecule has 0 spiro atoms. The molecular formula is C20H12N3NaO5S. The Labute approximate surface area is 194 Å². The van der Waals surface area contributed by atoms with Crippen LogP contribution in [-0.4, -0.2) is 35.1 Å². The van der Waals surface area contributed by atoms with Gasteiger partial charge in [-0.25, -0.2) is 0 Å². The molecule has 5 rings (SSSR count). The Balaban J connectivity index is 0.00000136. The summed E-state index contributed by atoms with van der Waals surface area (Å²) in [6, 6.07) is 17.0. The smallest absolute Gasteiger partial charge is 1.00 e. The quantitative estimate of drug-likeness (QED) is 0.344. The molecule has 0 aliphatic heterocycles. The van der Waals surface area contributed by atoms with Crippen LogP contribution in [0.2, 0.25) is 0 Å². The van der Waals surface area contributed by atoms with Crippen LogP contribution in [0, 0.1) is 0 Å². The summed E-state index contributed by atoms with van der Waals surface area (Å²) in [5.41, 5.74) is 0.982. The summed E-state index contributed by atoms with van der Waals surface area (Å²) < 4.78 is 31.1. The van der Waals surface area contributed by atoms with Crippen LogP contribution in [0.4, 0.5) is 0 Å². The first kappa shape index (κ1) is 20.4. The molecule has 1 aromatic heterocycles. The second-order valence-electron chi connectivity index (χ2n) is 6.36. The minimum absolute atomic E-state index is 0. The molecule has 4 aromatic rings. The van der Waals surface area contributed by atoms with Crippen molar-refractivity contribution < 1.29 is 53.3 Å². The second kappa shape index (κ2) is 7.44. The van der Waals surface area contributed by atoms with E-state index >= 15 is 0 Å². The van der Waals surface area contributed by atoms with Gasteiger partial charge < -0.3 is 1.43 Å². The Hall–Kier alpha value is -2.85. The van der Waals surface area contributed by atoms with Crippen LogP contribution < -0.4 is 33.8 Å². The third-order valence-electron chi connectivity index (χ3n) is 4.67. The van der Waals surface area contributed by atoms with Gasteiger partial charge in [-0.05, 0) is 23.4 Å². The molecule has 10 heteroatoms. The molecule has 0 radical (unpaired) electrons. The van der Waals surface area contributed by atoms with Gasteiger partial charge in [-0.15, -0.1) is 5.10 Å². The van der Waals surface area contributed by atoms with Crippen molar-refractivity contribution in [2.24, 2.45) is 0 Å². The molecule has 1 aliphatic rings. The van der Waals surface area contributed by atoms with Crippen molar-refractivity contribution in [3.8, 4) is 0 Å². The molecule has 30 heavy (non-hydrogen) atoms. The fourth-order valence-electron chi connectivity index (χ4n) is 3.36. The van der Waals surface area contributed by atoms with E-state index in [1.165, 1.54) is 30.3 Å². The van der Waals surface area contributed by atoms with E-state index in [0.717, 1.165) is 4.85 Å². The van der Waals surface area contributed by atoms with Gasteiger partial charge in [-0.1, -0.05) is 53.4 Å². The molecule has 0 saturated heterocycles. The molecule has 0 fully saturated rings. The Bertz CT molecular complexity index is 1450. The van der Waals surface area contributed by atoms with E-state index in [0.29, 0.717) is 11.0 Å². The molecule has 1 aliphatic carbocycles. The summed E-state index contributed by atoms with van der Waals surface area (Å²) in [6.45, 7) is 0. The van der Waals surface area contributed by atoms with E-state index in [1.54, 1.807) is 36.4 Å². The molecule has 144 valence electrons. The molecule has 0 N–H and O–H groups in total. The third kappa shape index (κ3) is 3.07. The van der Waals surface area contributed by atoms with Crippen molar-refractivity contribution in [3.05, 3.63) is 89.0 Å². The predicted molar refractivity (Wildman–Crippen MR) is 102 cm³/mol. The Morgan fingerprint density at radius 1 is 0.800 bits per heavy atom. The molecule has 0 bridgehead atoms. The van der Waals surface area contributed by atoms with E-state index in [2.05, 4.69) is 10.3 Å². The molecule has 0 atom stereocenters. The summed E-state index contributed by atoms with van der Waals surface area (Å²) in [6.07, 6.45) is 0. The monoisotopic (exact) mass is 429 g/mol. The first-order chi connectivity index (χ1) is 14.0. The van der Waals surface area contributed by atoms with Crippen molar-refractivity contribution in [1.29, 1.82) is 0 Å². The van der Waals surface area contributed by atoms with Gasteiger partial charge in [-0.2, -0.15) is 8.42 Å². The van der Waals surface area contributed by atoms with Crippen LogP contribution in [-0.2, 0) is 10.1 Å². The van der Waals surface area contributed by atoms with Crippen molar-refractivity contribution in [3.63, 3.8) is 0 Å². The van der Waals surface area contributed by atoms with Crippen molar-refractivity contribution in [2.75, 3.05) is 0 Å². The van der Waals surface area contributed by atoms with Crippen molar-refractivity contribution >= 4 is 32.7 Å². The van der Waals surface area contributed by atoms with Crippen LogP contribution in [0.5, 0.6) is 0 Å². The van der Waals surface area contributed by atoms with Gasteiger partial charge in [0.2, 0.25) is 0 Å². The minimum atomic E-state index is -4.49. The number of carbonyl (C=O) groups is 2. The van der Waals surface area contributed by atoms with Crippen LogP contribution in [0.15, 0.2) is 71.6 Å². The van der Waals surface area contributed by atoms with E-state index < -0.39 is 26.6 Å². The maximum Gasteiger partial charge on any atom is 1.00 e. The standard InChI is InChI=1S/C20H11N3O5S.Na.H/c24-19-12-6-1-2-7-13(12)20(25)18-14(19)8-5-11-17(18)29(26,27)28-23-16-10-4-3-9-15(16)21-22-23;;/h1-11H;;/q;+1;-1. The number of nitrogens with zero attached hydrogens (tertiary/aromatic N) is 3. The summed E-state index contributed by atoms with van der Waals surface area (Å²) in [5.74, 6) is -0.972. The van der Waals surface area contributed by atoms with E-state index in [1.807, 2.05) is 0 Å². The number of benzene rings is 3. The molecule has 0 unspecified atom stereocenters. The van der Waals surface area contributed by atoms with Gasteiger partial charge in [0.25, 0.3) is 0 Å². The maximum atomic E-state index is 13.0. The fourth-order valence-corrected chi connectivity index (χ4v) is 4.43. The number of rotatable bonds is 3. The maximum absolute atomic E-state index is 13.0. The topological polar surface area (TPSA) is 108 Å². The number of para-hydroxylation sites is 1. The zero-order chi connectivity index (χ0) is 20.2. The number of fused-ring (bicyclic) bond motifs is 3. The van der Waals surface area contributed by atoms with Gasteiger partial charge in [0.15, 0.2) is 11.6 Å². The number of carbonyl (C=O) groups excluding carboxylic acids is 2. The van der Waals surface area contributed by atoms with Gasteiger partial charge in [0.05, 0.1) is 5.56 Å². The van der Waals surface area contributed by atoms with E-state index in [4.69, 9.17) is 4.28 Å². The van der Waals surface area contributed by atoms with E-state index in [-0.39, 0.29) is 53.2 Å². The van der Waals surface area contributed by atoms with Gasteiger partial charge in [0.1, 0.15) is 15.9 Å². The summed E-state index contributed by atoms with van der Waals surface area (Å²) in [4.78, 5) is 26.2.